The molecule has 5 rings (SSSR count). The Labute approximate surface area is 119 Å². The summed E-state index contributed by atoms with van der Waals surface area (Å²) in [4.78, 5) is 14.3. The summed E-state index contributed by atoms with van der Waals surface area (Å²) in [6, 6.07) is 0. The van der Waals surface area contributed by atoms with Gasteiger partial charge < -0.3 is 0 Å². The number of carbonyl (C=O) groups is 1. The summed E-state index contributed by atoms with van der Waals surface area (Å²) < 4.78 is 0. The molecule has 2 unspecified atom stereocenters. The van der Waals surface area contributed by atoms with E-state index in [4.69, 9.17) is 0 Å². The van der Waals surface area contributed by atoms with Crippen LogP contribution in [0, 0.1) is 22.7 Å². The molecule has 1 aromatic heterocycles. The Morgan fingerprint density at radius 1 is 1.30 bits per heavy atom. The van der Waals surface area contributed by atoms with Crippen LogP contribution in [0.4, 0.5) is 0 Å². The van der Waals surface area contributed by atoms with E-state index in [9.17, 15) is 4.79 Å². The lowest BCUT2D eigenvalue weighted by Crippen LogP contribution is -2.54. The second kappa shape index (κ2) is 3.89. The molecule has 5 nitrogen and oxygen atoms in total. The lowest BCUT2D eigenvalue weighted by Gasteiger charge is -2.60. The highest BCUT2D eigenvalue weighted by atomic mass is 16.1. The fourth-order valence-electron chi connectivity index (χ4n) is 5.77. The zero-order valence-corrected chi connectivity index (χ0v) is 12.3. The van der Waals surface area contributed by atoms with Gasteiger partial charge in [0, 0.05) is 5.41 Å². The van der Waals surface area contributed by atoms with Crippen LogP contribution < -0.4 is 0 Å². The zero-order chi connectivity index (χ0) is 14.0. The molecule has 0 aromatic carbocycles. The molecule has 0 spiro atoms. The van der Waals surface area contributed by atoms with Crippen LogP contribution >= 0.6 is 0 Å². The van der Waals surface area contributed by atoms with Gasteiger partial charge >= 0.3 is 0 Å². The molecular weight excluding hydrogens is 252 g/mol. The van der Waals surface area contributed by atoms with Crippen molar-refractivity contribution in [3.05, 3.63) is 5.82 Å². The predicted molar refractivity (Wildman–Crippen MR) is 72.7 cm³/mol. The number of nitrogens with zero attached hydrogens (tertiary/aromatic N) is 4. The van der Waals surface area contributed by atoms with Gasteiger partial charge in [-0.15, -0.1) is 10.2 Å². The molecule has 4 bridgehead atoms. The number of carbonyl (C=O) groups excluding carboxylic acids is 1. The number of rotatable bonds is 3. The maximum Gasteiger partial charge on any atom is 0.182 e. The number of Topliss-reactive ketones (excluding diaryl/α,β-unsaturated/α-hetero) is 1. The van der Waals surface area contributed by atoms with Gasteiger partial charge in [0.25, 0.3) is 0 Å². The molecule has 0 radical (unpaired) electrons. The van der Waals surface area contributed by atoms with Crippen molar-refractivity contribution in [3.8, 4) is 0 Å². The van der Waals surface area contributed by atoms with Crippen molar-refractivity contribution in [3.63, 3.8) is 0 Å². The standard InChI is InChI=1S/C15H22N4O/c1-14-5-10-3-11(6-14)8-15(7-10,9-14)12(20)4-13-16-18-19(2)17-13/h10-11H,3-9H2,1-2H3. The summed E-state index contributed by atoms with van der Waals surface area (Å²) in [5.41, 5.74) is 0.341. The van der Waals surface area contributed by atoms with Gasteiger partial charge in [0.1, 0.15) is 5.78 Å². The number of ketones is 1. The highest BCUT2D eigenvalue weighted by Crippen LogP contribution is 2.65. The van der Waals surface area contributed by atoms with Crippen molar-refractivity contribution in [2.45, 2.75) is 51.9 Å². The Kier molecular flexibility index (Phi) is 2.43. The lowest BCUT2D eigenvalue weighted by atomic mass is 9.43. The van der Waals surface area contributed by atoms with Crippen LogP contribution in [-0.4, -0.2) is 26.0 Å². The first-order valence-electron chi connectivity index (χ1n) is 7.73. The van der Waals surface area contributed by atoms with Crippen molar-refractivity contribution in [1.82, 2.24) is 20.2 Å². The molecule has 4 aliphatic carbocycles. The smallest absolute Gasteiger partial charge is 0.182 e. The molecule has 4 fully saturated rings. The summed E-state index contributed by atoms with van der Waals surface area (Å²) >= 11 is 0. The molecule has 1 aromatic rings. The second-order valence-corrected chi connectivity index (χ2v) is 7.85. The van der Waals surface area contributed by atoms with Crippen molar-refractivity contribution in [2.24, 2.45) is 29.7 Å². The Morgan fingerprint density at radius 2 is 2.00 bits per heavy atom. The van der Waals surface area contributed by atoms with Gasteiger partial charge in [-0.05, 0) is 61.0 Å². The number of aryl methyl sites for hydroxylation is 1. The summed E-state index contributed by atoms with van der Waals surface area (Å²) in [6.45, 7) is 2.40. The summed E-state index contributed by atoms with van der Waals surface area (Å²) in [6.07, 6.45) is 7.70. The average molecular weight is 274 g/mol. The van der Waals surface area contributed by atoms with Crippen molar-refractivity contribution < 1.29 is 4.79 Å². The van der Waals surface area contributed by atoms with Crippen molar-refractivity contribution >= 4 is 5.78 Å². The van der Waals surface area contributed by atoms with E-state index in [2.05, 4.69) is 22.3 Å². The van der Waals surface area contributed by atoms with Gasteiger partial charge in [0.05, 0.1) is 13.5 Å². The molecule has 0 amide bonds. The molecule has 20 heavy (non-hydrogen) atoms. The molecule has 0 N–H and O–H groups in total. The Balaban J connectivity index is 1.59. The van der Waals surface area contributed by atoms with E-state index in [1.807, 2.05) is 0 Å². The molecular formula is C15H22N4O. The van der Waals surface area contributed by atoms with Crippen molar-refractivity contribution in [1.29, 1.82) is 0 Å². The number of aromatic nitrogens is 4. The van der Waals surface area contributed by atoms with Crippen LogP contribution in [0.2, 0.25) is 0 Å². The van der Waals surface area contributed by atoms with E-state index in [1.54, 1.807) is 7.05 Å². The topological polar surface area (TPSA) is 60.7 Å². The van der Waals surface area contributed by atoms with Gasteiger partial charge in [-0.3, -0.25) is 4.79 Å². The van der Waals surface area contributed by atoms with Gasteiger partial charge in [-0.25, -0.2) is 0 Å². The van der Waals surface area contributed by atoms with E-state index in [1.165, 1.54) is 24.1 Å². The van der Waals surface area contributed by atoms with E-state index < -0.39 is 0 Å². The number of hydrogen-bond acceptors (Lipinski definition) is 4. The maximum atomic E-state index is 12.9. The normalized spacial score (nSPS) is 42.1. The van der Waals surface area contributed by atoms with Crippen LogP contribution in [0.15, 0.2) is 0 Å². The molecule has 108 valence electrons. The van der Waals surface area contributed by atoms with Gasteiger partial charge in [0.15, 0.2) is 5.82 Å². The summed E-state index contributed by atoms with van der Waals surface area (Å²) in [5, 5.41) is 12.0. The Morgan fingerprint density at radius 3 is 2.55 bits per heavy atom. The third-order valence-electron chi connectivity index (χ3n) is 5.81. The fourth-order valence-corrected chi connectivity index (χ4v) is 5.77. The highest BCUT2D eigenvalue weighted by Gasteiger charge is 2.58. The first kappa shape index (κ1) is 12.5. The summed E-state index contributed by atoms with van der Waals surface area (Å²) in [7, 11) is 1.74. The van der Waals surface area contributed by atoms with Gasteiger partial charge in [-0.2, -0.15) is 4.80 Å². The molecule has 5 heteroatoms. The molecule has 0 saturated heterocycles. The minimum absolute atomic E-state index is 0.0714. The SMILES string of the molecule is Cn1nnc(CC(=O)C23CC4CC(CC(C)(C4)C2)C3)n1. The number of hydrogen-bond donors (Lipinski definition) is 0. The molecule has 0 aliphatic heterocycles. The molecule has 1 heterocycles. The monoisotopic (exact) mass is 274 g/mol. The molecule has 4 saturated carbocycles. The van der Waals surface area contributed by atoms with E-state index in [-0.39, 0.29) is 5.41 Å². The Hall–Kier alpha value is -1.26. The first-order valence-corrected chi connectivity index (χ1v) is 7.73. The zero-order valence-electron chi connectivity index (χ0n) is 12.3. The maximum absolute atomic E-state index is 12.9. The molecule has 2 atom stereocenters. The quantitative estimate of drug-likeness (QED) is 0.845. The van der Waals surface area contributed by atoms with Crippen LogP contribution in [0.1, 0.15) is 51.3 Å². The van der Waals surface area contributed by atoms with E-state index in [0.717, 1.165) is 31.1 Å². The van der Waals surface area contributed by atoms with Crippen LogP contribution in [0.5, 0.6) is 0 Å². The Bertz CT molecular complexity index is 550. The second-order valence-electron chi connectivity index (χ2n) is 7.85. The minimum Gasteiger partial charge on any atom is -0.299 e. The van der Waals surface area contributed by atoms with Gasteiger partial charge in [-0.1, -0.05) is 6.92 Å². The van der Waals surface area contributed by atoms with Crippen LogP contribution in [0.25, 0.3) is 0 Å². The van der Waals surface area contributed by atoms with Crippen molar-refractivity contribution in [2.75, 3.05) is 0 Å². The lowest BCUT2D eigenvalue weighted by molar-refractivity contribution is -0.152. The third kappa shape index (κ3) is 1.82. The molecule has 4 aliphatic rings. The minimum atomic E-state index is -0.0714. The van der Waals surface area contributed by atoms with Crippen LogP contribution in [0.3, 0.4) is 0 Å². The summed E-state index contributed by atoms with van der Waals surface area (Å²) in [5.74, 6) is 2.50. The highest BCUT2D eigenvalue weighted by molar-refractivity contribution is 5.86. The fraction of sp³-hybridized carbons (Fsp3) is 0.867. The number of tetrazole rings is 1. The van der Waals surface area contributed by atoms with E-state index >= 15 is 0 Å². The largest absolute Gasteiger partial charge is 0.299 e. The first-order chi connectivity index (χ1) is 9.46. The average Bonchev–Trinajstić information content (AvgIpc) is 2.71. The van der Waals surface area contributed by atoms with E-state index in [0.29, 0.717) is 23.4 Å². The predicted octanol–water partition coefficient (Wildman–Crippen LogP) is 1.93. The third-order valence-corrected chi connectivity index (χ3v) is 5.81. The van der Waals surface area contributed by atoms with Gasteiger partial charge in [0.2, 0.25) is 0 Å². The van der Waals surface area contributed by atoms with Crippen LogP contribution in [-0.2, 0) is 18.3 Å².